The van der Waals surface area contributed by atoms with Gasteiger partial charge >= 0.3 is 0 Å². The van der Waals surface area contributed by atoms with Crippen LogP contribution in [-0.2, 0) is 17.8 Å². The average Bonchev–Trinajstić information content (AvgIpc) is 2.89. The first kappa shape index (κ1) is 23.6. The third-order valence-electron chi connectivity index (χ3n) is 8.30. The molecule has 0 bridgehead atoms. The van der Waals surface area contributed by atoms with Crippen molar-refractivity contribution in [3.05, 3.63) is 59.2 Å². The number of piperazine rings is 1. The van der Waals surface area contributed by atoms with Gasteiger partial charge in [-0.05, 0) is 53.0 Å². The molecule has 4 nitrogen and oxygen atoms in total. The van der Waals surface area contributed by atoms with E-state index in [4.69, 9.17) is 0 Å². The Hall–Kier alpha value is -2.17. The molecule has 3 aliphatic rings. The molecule has 2 heterocycles. The van der Waals surface area contributed by atoms with Gasteiger partial charge in [0.1, 0.15) is 0 Å². The highest BCUT2D eigenvalue weighted by Gasteiger charge is 2.28. The first-order valence-electron chi connectivity index (χ1n) is 13.5. The van der Waals surface area contributed by atoms with E-state index in [9.17, 15) is 4.79 Å². The number of benzene rings is 2. The molecule has 5 rings (SSSR count). The summed E-state index contributed by atoms with van der Waals surface area (Å²) in [6.45, 7) is 10.8. The minimum atomic E-state index is 0.314. The van der Waals surface area contributed by atoms with Crippen molar-refractivity contribution < 1.29 is 4.79 Å². The average molecular weight is 460 g/mol. The van der Waals surface area contributed by atoms with Gasteiger partial charge in [0.25, 0.3) is 0 Å². The van der Waals surface area contributed by atoms with Crippen LogP contribution in [0.3, 0.4) is 0 Å². The SMILES string of the molecule is CC(C)c1cccc(-c2ccc3c(c2)CCN(CC(=O)N2CCN(C4CCCCC4)CC2)C3)c1. The van der Waals surface area contributed by atoms with Gasteiger partial charge in [0.2, 0.25) is 5.91 Å². The monoisotopic (exact) mass is 459 g/mol. The largest absolute Gasteiger partial charge is 0.339 e. The summed E-state index contributed by atoms with van der Waals surface area (Å²) in [5.41, 5.74) is 6.82. The van der Waals surface area contributed by atoms with E-state index in [1.165, 1.54) is 59.9 Å². The van der Waals surface area contributed by atoms with Gasteiger partial charge in [0, 0.05) is 45.3 Å². The maximum atomic E-state index is 13.1. The number of nitrogens with zero attached hydrogens (tertiary/aromatic N) is 3. The van der Waals surface area contributed by atoms with Gasteiger partial charge in [-0.1, -0.05) is 75.6 Å². The van der Waals surface area contributed by atoms with E-state index in [2.05, 4.69) is 71.0 Å². The number of fused-ring (bicyclic) bond motifs is 1. The Labute approximate surface area is 205 Å². The Morgan fingerprint density at radius 1 is 0.882 bits per heavy atom. The van der Waals surface area contributed by atoms with Crippen LogP contribution in [-0.4, -0.2) is 65.9 Å². The highest BCUT2D eigenvalue weighted by Crippen LogP contribution is 2.29. The van der Waals surface area contributed by atoms with E-state index in [0.717, 1.165) is 51.7 Å². The Kier molecular flexibility index (Phi) is 7.36. The van der Waals surface area contributed by atoms with E-state index in [1.807, 2.05) is 0 Å². The summed E-state index contributed by atoms with van der Waals surface area (Å²) >= 11 is 0. The van der Waals surface area contributed by atoms with Crippen LogP contribution < -0.4 is 0 Å². The molecule has 0 atom stereocenters. The lowest BCUT2D eigenvalue weighted by atomic mass is 9.92. The number of hydrogen-bond acceptors (Lipinski definition) is 3. The third kappa shape index (κ3) is 5.39. The van der Waals surface area contributed by atoms with Gasteiger partial charge in [0.05, 0.1) is 6.54 Å². The zero-order valence-electron chi connectivity index (χ0n) is 21.1. The maximum absolute atomic E-state index is 13.1. The van der Waals surface area contributed by atoms with Crippen LogP contribution in [0.5, 0.6) is 0 Å². The smallest absolute Gasteiger partial charge is 0.236 e. The first-order chi connectivity index (χ1) is 16.6. The van der Waals surface area contributed by atoms with Crippen LogP contribution in [0.15, 0.2) is 42.5 Å². The minimum absolute atomic E-state index is 0.314. The van der Waals surface area contributed by atoms with E-state index >= 15 is 0 Å². The number of hydrogen-bond donors (Lipinski definition) is 0. The van der Waals surface area contributed by atoms with Gasteiger partial charge in [0.15, 0.2) is 0 Å². The quantitative estimate of drug-likeness (QED) is 0.606. The molecular weight excluding hydrogens is 418 g/mol. The molecule has 1 saturated heterocycles. The molecule has 0 aromatic heterocycles. The Bertz CT molecular complexity index is 986. The van der Waals surface area contributed by atoms with Crippen LogP contribution in [0.1, 0.15) is 68.6 Å². The number of carbonyl (C=O) groups is 1. The molecule has 2 aliphatic heterocycles. The molecule has 2 aromatic rings. The molecule has 0 radical (unpaired) electrons. The molecule has 0 N–H and O–H groups in total. The summed E-state index contributed by atoms with van der Waals surface area (Å²) < 4.78 is 0. The standard InChI is InChI=1S/C30H41N3O/c1-23(2)24-7-6-8-25(19-24)26-11-12-28-21-31(14-13-27(28)20-26)22-30(34)33-17-15-32(16-18-33)29-9-4-3-5-10-29/h6-8,11-12,19-20,23,29H,3-5,9-10,13-18,21-22H2,1-2H3. The van der Waals surface area contributed by atoms with Crippen LogP contribution in [0.2, 0.25) is 0 Å². The van der Waals surface area contributed by atoms with Crippen molar-refractivity contribution in [2.45, 2.75) is 70.9 Å². The van der Waals surface area contributed by atoms with E-state index < -0.39 is 0 Å². The second-order valence-corrected chi connectivity index (χ2v) is 10.9. The maximum Gasteiger partial charge on any atom is 0.236 e. The molecule has 1 amide bonds. The van der Waals surface area contributed by atoms with Crippen LogP contribution in [0.4, 0.5) is 0 Å². The van der Waals surface area contributed by atoms with Gasteiger partial charge in [-0.2, -0.15) is 0 Å². The number of rotatable bonds is 5. The Balaban J connectivity index is 1.15. The van der Waals surface area contributed by atoms with Crippen molar-refractivity contribution in [1.82, 2.24) is 14.7 Å². The molecule has 34 heavy (non-hydrogen) atoms. The van der Waals surface area contributed by atoms with Crippen LogP contribution in [0.25, 0.3) is 11.1 Å². The highest BCUT2D eigenvalue weighted by molar-refractivity contribution is 5.78. The van der Waals surface area contributed by atoms with E-state index in [1.54, 1.807) is 0 Å². The molecule has 182 valence electrons. The molecule has 0 unspecified atom stereocenters. The summed E-state index contributed by atoms with van der Waals surface area (Å²) in [7, 11) is 0. The lowest BCUT2D eigenvalue weighted by Crippen LogP contribution is -2.54. The molecule has 4 heteroatoms. The molecule has 2 fully saturated rings. The summed E-state index contributed by atoms with van der Waals surface area (Å²) in [5, 5.41) is 0. The zero-order valence-corrected chi connectivity index (χ0v) is 21.1. The highest BCUT2D eigenvalue weighted by atomic mass is 16.2. The summed E-state index contributed by atoms with van der Waals surface area (Å²) in [5.74, 6) is 0.854. The lowest BCUT2D eigenvalue weighted by molar-refractivity contribution is -0.134. The second kappa shape index (κ2) is 10.6. The van der Waals surface area contributed by atoms with Crippen LogP contribution in [0, 0.1) is 0 Å². The lowest BCUT2D eigenvalue weighted by Gasteiger charge is -2.41. The minimum Gasteiger partial charge on any atom is -0.339 e. The molecule has 1 aliphatic carbocycles. The van der Waals surface area contributed by atoms with Crippen molar-refractivity contribution in [2.75, 3.05) is 39.3 Å². The van der Waals surface area contributed by atoms with E-state index in [-0.39, 0.29) is 0 Å². The predicted molar refractivity (Wildman–Crippen MR) is 140 cm³/mol. The van der Waals surface area contributed by atoms with Gasteiger partial charge < -0.3 is 4.90 Å². The number of carbonyl (C=O) groups excluding carboxylic acids is 1. The predicted octanol–water partition coefficient (Wildman–Crippen LogP) is 5.31. The zero-order chi connectivity index (χ0) is 23.5. The van der Waals surface area contributed by atoms with Crippen molar-refractivity contribution in [3.63, 3.8) is 0 Å². The molecule has 1 saturated carbocycles. The fraction of sp³-hybridized carbons (Fsp3) is 0.567. The Morgan fingerprint density at radius 3 is 2.41 bits per heavy atom. The Morgan fingerprint density at radius 2 is 1.65 bits per heavy atom. The normalized spacial score (nSPS) is 20.5. The van der Waals surface area contributed by atoms with Gasteiger partial charge in [-0.3, -0.25) is 14.6 Å². The summed E-state index contributed by atoms with van der Waals surface area (Å²) in [6.07, 6.45) is 7.90. The van der Waals surface area contributed by atoms with Crippen molar-refractivity contribution in [2.24, 2.45) is 0 Å². The van der Waals surface area contributed by atoms with Crippen LogP contribution >= 0.6 is 0 Å². The number of amides is 1. The van der Waals surface area contributed by atoms with Gasteiger partial charge in [-0.25, -0.2) is 0 Å². The first-order valence-corrected chi connectivity index (χ1v) is 13.5. The second-order valence-electron chi connectivity index (χ2n) is 10.9. The van der Waals surface area contributed by atoms with Crippen molar-refractivity contribution in [3.8, 4) is 11.1 Å². The fourth-order valence-corrected chi connectivity index (χ4v) is 6.08. The van der Waals surface area contributed by atoms with Crippen molar-refractivity contribution >= 4 is 5.91 Å². The summed E-state index contributed by atoms with van der Waals surface area (Å²) in [6, 6.07) is 16.6. The molecule has 0 spiro atoms. The molecular formula is C30H41N3O. The topological polar surface area (TPSA) is 26.8 Å². The fourth-order valence-electron chi connectivity index (χ4n) is 6.08. The third-order valence-corrected chi connectivity index (χ3v) is 8.30. The van der Waals surface area contributed by atoms with E-state index in [0.29, 0.717) is 18.4 Å². The van der Waals surface area contributed by atoms with Gasteiger partial charge in [-0.15, -0.1) is 0 Å². The van der Waals surface area contributed by atoms with Crippen molar-refractivity contribution in [1.29, 1.82) is 0 Å². The summed E-state index contributed by atoms with van der Waals surface area (Å²) in [4.78, 5) is 20.2. The molecule has 2 aromatic carbocycles.